The lowest BCUT2D eigenvalue weighted by Crippen LogP contribution is -2.30. The number of carbonyl (C=O) groups is 1. The third kappa shape index (κ3) is 5.37. The number of benzene rings is 2. The molecule has 0 spiro atoms. The highest BCUT2D eigenvalue weighted by atomic mass is 16.5. The van der Waals surface area contributed by atoms with E-state index in [0.717, 1.165) is 25.2 Å². The van der Waals surface area contributed by atoms with E-state index >= 15 is 0 Å². The lowest BCUT2D eigenvalue weighted by molar-refractivity contribution is -0.122. The van der Waals surface area contributed by atoms with Crippen molar-refractivity contribution in [1.29, 1.82) is 0 Å². The first-order valence-corrected chi connectivity index (χ1v) is 9.10. The molecule has 6 heteroatoms. The number of nitrogens with one attached hydrogen (secondary N) is 1. The van der Waals surface area contributed by atoms with Crippen molar-refractivity contribution in [2.75, 3.05) is 25.6 Å². The number of para-hydroxylation sites is 2. The van der Waals surface area contributed by atoms with Crippen molar-refractivity contribution in [2.45, 2.75) is 32.0 Å². The second-order valence-corrected chi connectivity index (χ2v) is 6.37. The van der Waals surface area contributed by atoms with Gasteiger partial charge in [-0.2, -0.15) is 0 Å². The minimum absolute atomic E-state index is 0.117. The number of rotatable bonds is 8. The number of methoxy groups -OCH3 is 1. The van der Waals surface area contributed by atoms with Gasteiger partial charge in [-0.15, -0.1) is 0 Å². The van der Waals surface area contributed by atoms with Crippen LogP contribution < -0.4 is 19.5 Å². The monoisotopic (exact) mass is 371 g/mol. The zero-order chi connectivity index (χ0) is 19.1. The van der Waals surface area contributed by atoms with Gasteiger partial charge in [0.15, 0.2) is 6.10 Å². The van der Waals surface area contributed by atoms with Gasteiger partial charge in [-0.3, -0.25) is 4.79 Å². The van der Waals surface area contributed by atoms with Crippen LogP contribution in [0.25, 0.3) is 0 Å². The molecule has 0 radical (unpaired) electrons. The molecule has 1 heterocycles. The number of ether oxygens (including phenoxy) is 4. The van der Waals surface area contributed by atoms with E-state index in [0.29, 0.717) is 23.8 Å². The van der Waals surface area contributed by atoms with E-state index in [1.165, 1.54) is 0 Å². The number of anilines is 1. The number of hydrogen-bond acceptors (Lipinski definition) is 5. The number of amides is 1. The lowest BCUT2D eigenvalue weighted by atomic mass is 10.2. The summed E-state index contributed by atoms with van der Waals surface area (Å²) in [6.45, 7) is 2.97. The first-order valence-electron chi connectivity index (χ1n) is 9.10. The second kappa shape index (κ2) is 9.28. The van der Waals surface area contributed by atoms with Crippen molar-refractivity contribution in [1.82, 2.24) is 0 Å². The zero-order valence-corrected chi connectivity index (χ0v) is 15.6. The summed E-state index contributed by atoms with van der Waals surface area (Å²) >= 11 is 0. The standard InChI is InChI=1S/C21H25NO5/c1-15(27-17-11-9-16(24-2)10-12-17)21(23)22-19-7-3-4-8-20(19)26-14-18-6-5-13-25-18/h3-4,7-12,15,18H,5-6,13-14H2,1-2H3,(H,22,23)/t15-,18+/m1/s1. The fraction of sp³-hybridized carbons (Fsp3) is 0.381. The minimum Gasteiger partial charge on any atom is -0.497 e. The Balaban J connectivity index is 1.57. The van der Waals surface area contributed by atoms with Crippen LogP contribution in [0.4, 0.5) is 5.69 Å². The second-order valence-electron chi connectivity index (χ2n) is 6.37. The van der Waals surface area contributed by atoms with Gasteiger partial charge in [0.25, 0.3) is 5.91 Å². The molecule has 1 fully saturated rings. The first kappa shape index (κ1) is 19.0. The van der Waals surface area contributed by atoms with Gasteiger partial charge in [-0.25, -0.2) is 0 Å². The van der Waals surface area contributed by atoms with Gasteiger partial charge in [-0.05, 0) is 56.2 Å². The molecule has 1 aliphatic heterocycles. The summed E-state index contributed by atoms with van der Waals surface area (Å²) in [5.74, 6) is 1.70. The molecule has 2 atom stereocenters. The Kier molecular flexibility index (Phi) is 6.54. The van der Waals surface area contributed by atoms with E-state index in [9.17, 15) is 4.79 Å². The maximum atomic E-state index is 12.5. The van der Waals surface area contributed by atoms with Crippen molar-refractivity contribution in [3.63, 3.8) is 0 Å². The van der Waals surface area contributed by atoms with Gasteiger partial charge >= 0.3 is 0 Å². The highest BCUT2D eigenvalue weighted by molar-refractivity contribution is 5.95. The van der Waals surface area contributed by atoms with Gasteiger partial charge in [0.1, 0.15) is 23.9 Å². The van der Waals surface area contributed by atoms with Crippen LogP contribution in [0.3, 0.4) is 0 Å². The molecule has 1 saturated heterocycles. The summed E-state index contributed by atoms with van der Waals surface area (Å²) in [6.07, 6.45) is 1.52. The maximum absolute atomic E-state index is 12.5. The third-order valence-corrected chi connectivity index (χ3v) is 4.34. The Bertz CT molecular complexity index is 740. The quantitative estimate of drug-likeness (QED) is 0.767. The highest BCUT2D eigenvalue weighted by Gasteiger charge is 2.19. The Morgan fingerprint density at radius 3 is 2.63 bits per heavy atom. The van der Waals surface area contributed by atoms with Gasteiger partial charge < -0.3 is 24.3 Å². The van der Waals surface area contributed by atoms with E-state index in [1.807, 2.05) is 24.3 Å². The molecular weight excluding hydrogens is 346 g/mol. The molecule has 2 aromatic carbocycles. The van der Waals surface area contributed by atoms with Crippen molar-refractivity contribution in [3.8, 4) is 17.2 Å². The van der Waals surface area contributed by atoms with Crippen LogP contribution in [0, 0.1) is 0 Å². The number of hydrogen-bond donors (Lipinski definition) is 1. The van der Waals surface area contributed by atoms with Crippen LogP contribution in [0.5, 0.6) is 17.2 Å². The highest BCUT2D eigenvalue weighted by Crippen LogP contribution is 2.26. The zero-order valence-electron chi connectivity index (χ0n) is 15.6. The Morgan fingerprint density at radius 2 is 1.93 bits per heavy atom. The van der Waals surface area contributed by atoms with Crippen molar-refractivity contribution in [3.05, 3.63) is 48.5 Å². The summed E-state index contributed by atoms with van der Waals surface area (Å²) in [7, 11) is 1.60. The molecule has 0 unspecified atom stereocenters. The summed E-state index contributed by atoms with van der Waals surface area (Å²) in [4.78, 5) is 12.5. The summed E-state index contributed by atoms with van der Waals surface area (Å²) < 4.78 is 22.2. The van der Waals surface area contributed by atoms with Gasteiger partial charge in [-0.1, -0.05) is 12.1 Å². The molecule has 1 N–H and O–H groups in total. The first-order chi connectivity index (χ1) is 13.2. The van der Waals surface area contributed by atoms with Crippen molar-refractivity contribution >= 4 is 11.6 Å². The fourth-order valence-corrected chi connectivity index (χ4v) is 2.80. The van der Waals surface area contributed by atoms with E-state index in [4.69, 9.17) is 18.9 Å². The topological polar surface area (TPSA) is 66.0 Å². The van der Waals surface area contributed by atoms with Crippen LogP contribution in [-0.2, 0) is 9.53 Å². The van der Waals surface area contributed by atoms with Gasteiger partial charge in [0.05, 0.1) is 18.9 Å². The molecule has 1 amide bonds. The summed E-state index contributed by atoms with van der Waals surface area (Å²) in [6, 6.07) is 14.5. The molecule has 2 aromatic rings. The number of carbonyl (C=O) groups excluding carboxylic acids is 1. The summed E-state index contributed by atoms with van der Waals surface area (Å²) in [5.41, 5.74) is 0.616. The van der Waals surface area contributed by atoms with Gasteiger partial charge in [0.2, 0.25) is 0 Å². The van der Waals surface area contributed by atoms with Crippen molar-refractivity contribution in [2.24, 2.45) is 0 Å². The Morgan fingerprint density at radius 1 is 1.19 bits per heavy atom. The molecular formula is C21H25NO5. The molecule has 0 aliphatic carbocycles. The Hall–Kier alpha value is -2.73. The van der Waals surface area contributed by atoms with Crippen LogP contribution in [-0.4, -0.2) is 38.4 Å². The molecule has 0 aromatic heterocycles. The van der Waals surface area contributed by atoms with E-state index in [2.05, 4.69) is 5.32 Å². The SMILES string of the molecule is COc1ccc(O[C@H](C)C(=O)Nc2ccccc2OC[C@@H]2CCCO2)cc1. The molecule has 144 valence electrons. The van der Waals surface area contributed by atoms with Crippen molar-refractivity contribution < 1.29 is 23.7 Å². The predicted octanol–water partition coefficient (Wildman–Crippen LogP) is 3.66. The summed E-state index contributed by atoms with van der Waals surface area (Å²) in [5, 5.41) is 2.87. The van der Waals surface area contributed by atoms with E-state index in [1.54, 1.807) is 38.3 Å². The predicted molar refractivity (Wildman–Crippen MR) is 103 cm³/mol. The minimum atomic E-state index is -0.662. The van der Waals surface area contributed by atoms with Gasteiger partial charge in [0, 0.05) is 6.61 Å². The molecule has 3 rings (SSSR count). The molecule has 1 aliphatic rings. The molecule has 0 bridgehead atoms. The Labute approximate surface area is 159 Å². The largest absolute Gasteiger partial charge is 0.497 e. The fourth-order valence-electron chi connectivity index (χ4n) is 2.80. The smallest absolute Gasteiger partial charge is 0.265 e. The maximum Gasteiger partial charge on any atom is 0.265 e. The molecule has 6 nitrogen and oxygen atoms in total. The average molecular weight is 371 g/mol. The van der Waals surface area contributed by atoms with E-state index < -0.39 is 6.10 Å². The van der Waals surface area contributed by atoms with Crippen LogP contribution in [0.15, 0.2) is 48.5 Å². The van der Waals surface area contributed by atoms with Crippen LogP contribution in [0.1, 0.15) is 19.8 Å². The van der Waals surface area contributed by atoms with Crippen LogP contribution in [0.2, 0.25) is 0 Å². The third-order valence-electron chi connectivity index (χ3n) is 4.34. The molecule has 27 heavy (non-hydrogen) atoms. The average Bonchev–Trinajstić information content (AvgIpc) is 3.21. The lowest BCUT2D eigenvalue weighted by Gasteiger charge is -2.18. The van der Waals surface area contributed by atoms with E-state index in [-0.39, 0.29) is 12.0 Å². The molecule has 0 saturated carbocycles. The normalized spacial score (nSPS) is 17.2. The van der Waals surface area contributed by atoms with Crippen LogP contribution >= 0.6 is 0 Å².